The Morgan fingerprint density at radius 3 is 2.48 bits per heavy atom. The van der Waals surface area contributed by atoms with Gasteiger partial charge in [0.05, 0.1) is 10.9 Å². The maximum atomic E-state index is 12.9. The van der Waals surface area contributed by atoms with E-state index in [1.807, 2.05) is 52.0 Å². The van der Waals surface area contributed by atoms with Crippen LogP contribution in [0.2, 0.25) is 0 Å². The zero-order valence-electron chi connectivity index (χ0n) is 19.3. The number of rotatable bonds is 7. The molecule has 1 heterocycles. The molecule has 1 atom stereocenters. The van der Waals surface area contributed by atoms with Crippen LogP contribution in [0.15, 0.2) is 46.3 Å². The normalized spacial score (nSPS) is 11.7. The van der Waals surface area contributed by atoms with Crippen molar-refractivity contribution in [2.75, 3.05) is 10.6 Å². The molecule has 0 saturated heterocycles. The van der Waals surface area contributed by atoms with Gasteiger partial charge in [0, 0.05) is 18.2 Å². The Labute approximate surface area is 196 Å². The minimum absolute atomic E-state index is 0.0969. The third kappa shape index (κ3) is 5.87. The molecule has 172 valence electrons. The van der Waals surface area contributed by atoms with E-state index in [4.69, 9.17) is 0 Å². The number of anilines is 2. The first-order valence-corrected chi connectivity index (χ1v) is 11.5. The second-order valence-corrected chi connectivity index (χ2v) is 8.98. The lowest BCUT2D eigenvalue weighted by molar-refractivity contribution is -0.116. The predicted octanol–water partition coefficient (Wildman–Crippen LogP) is 4.22. The van der Waals surface area contributed by atoms with Crippen LogP contribution < -0.4 is 16.2 Å². The fraction of sp³-hybridized carbons (Fsp3) is 0.292. The molecule has 0 aliphatic heterocycles. The largest absolute Gasteiger partial charge is 0.326 e. The summed E-state index contributed by atoms with van der Waals surface area (Å²) in [5.41, 5.74) is 4.38. The molecule has 0 fully saturated rings. The summed E-state index contributed by atoms with van der Waals surface area (Å²) in [5.74, 6) is -0.424. The van der Waals surface area contributed by atoms with Gasteiger partial charge in [-0.1, -0.05) is 42.4 Å². The summed E-state index contributed by atoms with van der Waals surface area (Å²) >= 11 is 1.15. The van der Waals surface area contributed by atoms with E-state index in [1.165, 1.54) is 6.92 Å². The Morgan fingerprint density at radius 2 is 1.82 bits per heavy atom. The number of amides is 2. The van der Waals surface area contributed by atoms with Crippen molar-refractivity contribution in [3.63, 3.8) is 0 Å². The van der Waals surface area contributed by atoms with Crippen LogP contribution in [-0.2, 0) is 9.59 Å². The molecule has 1 aromatic heterocycles. The molecule has 3 rings (SSSR count). The van der Waals surface area contributed by atoms with Crippen molar-refractivity contribution >= 4 is 35.0 Å². The summed E-state index contributed by atoms with van der Waals surface area (Å²) in [5, 5.41) is 13.7. The molecular formula is C24H27N5O3S. The molecule has 0 aliphatic rings. The first kappa shape index (κ1) is 24.2. The summed E-state index contributed by atoms with van der Waals surface area (Å²) in [7, 11) is 0. The van der Waals surface area contributed by atoms with Crippen molar-refractivity contribution in [3.05, 3.63) is 63.4 Å². The summed E-state index contributed by atoms with van der Waals surface area (Å²) < 4.78 is 0. The number of benzene rings is 2. The second kappa shape index (κ2) is 10.4. The number of aromatic amines is 1. The second-order valence-electron chi connectivity index (χ2n) is 7.79. The molecule has 0 spiro atoms. The molecule has 0 radical (unpaired) electrons. The minimum atomic E-state index is -0.463. The van der Waals surface area contributed by atoms with E-state index in [0.29, 0.717) is 17.7 Å². The van der Waals surface area contributed by atoms with Crippen LogP contribution in [0.3, 0.4) is 0 Å². The highest BCUT2D eigenvalue weighted by Gasteiger charge is 2.21. The first-order chi connectivity index (χ1) is 15.7. The Balaban J connectivity index is 1.83. The number of aryl methyl sites for hydroxylation is 2. The number of nitrogens with one attached hydrogen (secondary N) is 3. The van der Waals surface area contributed by atoms with Gasteiger partial charge in [-0.25, -0.2) is 0 Å². The first-order valence-electron chi connectivity index (χ1n) is 10.6. The summed E-state index contributed by atoms with van der Waals surface area (Å²) in [6.45, 7) is 9.12. The van der Waals surface area contributed by atoms with Crippen LogP contribution >= 0.6 is 11.8 Å². The average Bonchev–Trinajstić information content (AvgIpc) is 2.76. The van der Waals surface area contributed by atoms with E-state index < -0.39 is 10.8 Å². The van der Waals surface area contributed by atoms with E-state index >= 15 is 0 Å². The smallest absolute Gasteiger partial charge is 0.278 e. The van der Waals surface area contributed by atoms with E-state index in [2.05, 4.69) is 25.8 Å². The van der Waals surface area contributed by atoms with Gasteiger partial charge in [-0.3, -0.25) is 19.4 Å². The topological polar surface area (TPSA) is 117 Å². The lowest BCUT2D eigenvalue weighted by Gasteiger charge is -2.16. The van der Waals surface area contributed by atoms with Gasteiger partial charge in [0.1, 0.15) is 0 Å². The van der Waals surface area contributed by atoms with Gasteiger partial charge in [0.15, 0.2) is 10.9 Å². The Bertz CT molecular complexity index is 1260. The van der Waals surface area contributed by atoms with Crippen LogP contribution in [0.25, 0.3) is 11.3 Å². The highest BCUT2D eigenvalue weighted by molar-refractivity contribution is 8.00. The molecule has 3 aromatic rings. The van der Waals surface area contributed by atoms with Gasteiger partial charge in [0.25, 0.3) is 5.56 Å². The van der Waals surface area contributed by atoms with Gasteiger partial charge in [-0.05, 0) is 56.5 Å². The molecule has 0 saturated carbocycles. The fourth-order valence-corrected chi connectivity index (χ4v) is 4.10. The van der Waals surface area contributed by atoms with Gasteiger partial charge in [-0.15, -0.1) is 10.2 Å². The molecule has 9 heteroatoms. The molecule has 2 aromatic carbocycles. The fourth-order valence-electron chi connectivity index (χ4n) is 3.26. The lowest BCUT2D eigenvalue weighted by atomic mass is 10.1. The predicted molar refractivity (Wildman–Crippen MR) is 132 cm³/mol. The van der Waals surface area contributed by atoms with Crippen molar-refractivity contribution in [2.45, 2.75) is 51.4 Å². The number of thioether (sulfide) groups is 1. The number of carbonyl (C=O) groups excluding carboxylic acids is 2. The van der Waals surface area contributed by atoms with Crippen LogP contribution in [0.1, 0.15) is 37.0 Å². The summed E-state index contributed by atoms with van der Waals surface area (Å²) in [6, 6.07) is 11.1. The van der Waals surface area contributed by atoms with E-state index in [0.717, 1.165) is 34.1 Å². The Morgan fingerprint density at radius 1 is 1.06 bits per heavy atom. The van der Waals surface area contributed by atoms with Crippen molar-refractivity contribution in [1.82, 2.24) is 15.2 Å². The molecule has 0 bridgehead atoms. The molecule has 33 heavy (non-hydrogen) atoms. The van der Waals surface area contributed by atoms with Gasteiger partial charge in [0.2, 0.25) is 11.8 Å². The third-order valence-corrected chi connectivity index (χ3v) is 6.44. The van der Waals surface area contributed by atoms with Crippen LogP contribution in [-0.4, -0.2) is 32.2 Å². The van der Waals surface area contributed by atoms with Gasteiger partial charge < -0.3 is 10.6 Å². The van der Waals surface area contributed by atoms with Crippen molar-refractivity contribution < 1.29 is 9.59 Å². The zero-order chi connectivity index (χ0) is 24.1. The monoisotopic (exact) mass is 465 g/mol. The molecule has 0 unspecified atom stereocenters. The number of H-pyrrole nitrogens is 1. The molecule has 2 amide bonds. The van der Waals surface area contributed by atoms with Crippen LogP contribution in [0, 0.1) is 20.8 Å². The van der Waals surface area contributed by atoms with Gasteiger partial charge >= 0.3 is 0 Å². The highest BCUT2D eigenvalue weighted by atomic mass is 32.2. The molecular weight excluding hydrogens is 438 g/mol. The van der Waals surface area contributed by atoms with Crippen LogP contribution in [0.5, 0.6) is 0 Å². The Hall–Kier alpha value is -3.46. The Kier molecular flexibility index (Phi) is 7.65. The van der Waals surface area contributed by atoms with Crippen LogP contribution in [0.4, 0.5) is 11.4 Å². The average molecular weight is 466 g/mol. The zero-order valence-corrected chi connectivity index (χ0v) is 20.1. The number of nitrogens with zero attached hydrogens (tertiary/aromatic N) is 2. The van der Waals surface area contributed by atoms with E-state index in [-0.39, 0.29) is 22.7 Å². The van der Waals surface area contributed by atoms with Crippen molar-refractivity contribution in [2.24, 2.45) is 0 Å². The van der Waals surface area contributed by atoms with Crippen molar-refractivity contribution in [3.8, 4) is 11.3 Å². The lowest BCUT2D eigenvalue weighted by Crippen LogP contribution is -2.26. The minimum Gasteiger partial charge on any atom is -0.326 e. The number of hydrogen-bond donors (Lipinski definition) is 3. The standard InChI is InChI=1S/C24H27N5O3S/c1-6-20(22(31)26-18-9-7-8-14(3)15(18)4)33-24-27-23(32)21(28-29-24)17-12-13(2)10-11-19(17)25-16(5)30/h7-12,20H,6H2,1-5H3,(H,25,30)(H,26,31)(H,27,29,32)/t20-/m0/s1. The molecule has 3 N–H and O–H groups in total. The molecule has 0 aliphatic carbocycles. The SMILES string of the molecule is CC[C@H](Sc1nnc(-c2cc(C)ccc2NC(C)=O)c(=O)[nH]1)C(=O)Nc1cccc(C)c1C. The maximum Gasteiger partial charge on any atom is 0.278 e. The van der Waals surface area contributed by atoms with E-state index in [1.54, 1.807) is 12.1 Å². The highest BCUT2D eigenvalue weighted by Crippen LogP contribution is 2.27. The summed E-state index contributed by atoms with van der Waals surface area (Å²) in [4.78, 5) is 39.9. The summed E-state index contributed by atoms with van der Waals surface area (Å²) in [6.07, 6.45) is 0.539. The number of carbonyl (C=O) groups is 2. The van der Waals surface area contributed by atoms with E-state index in [9.17, 15) is 14.4 Å². The third-order valence-electron chi connectivity index (χ3n) is 5.20. The maximum absolute atomic E-state index is 12.9. The van der Waals surface area contributed by atoms with Crippen molar-refractivity contribution in [1.29, 1.82) is 0 Å². The molecule has 8 nitrogen and oxygen atoms in total. The quantitative estimate of drug-likeness (QED) is 0.450. The van der Waals surface area contributed by atoms with Gasteiger partial charge in [-0.2, -0.15) is 0 Å². The number of hydrogen-bond acceptors (Lipinski definition) is 6. The number of aromatic nitrogens is 3.